The largest absolute Gasteiger partial charge is 0.313 e. The van der Waals surface area contributed by atoms with E-state index in [4.69, 9.17) is 0 Å². The average Bonchev–Trinajstić information content (AvgIpc) is 2.67. The number of rotatable bonds is 7. The SMILES string of the molecule is CCNC(CCc1cnn(C)c1)CSC(C)(C)C. The Balaban J connectivity index is 2.37. The lowest BCUT2D eigenvalue weighted by Crippen LogP contribution is -2.33. The molecule has 1 aromatic rings. The maximum absolute atomic E-state index is 4.22. The van der Waals surface area contributed by atoms with Crippen LogP contribution in [0.4, 0.5) is 0 Å². The minimum atomic E-state index is 0.349. The second-order valence-corrected chi connectivity index (χ2v) is 7.59. The Morgan fingerprint density at radius 2 is 2.17 bits per heavy atom. The summed E-state index contributed by atoms with van der Waals surface area (Å²) in [6.07, 6.45) is 6.37. The molecule has 1 N–H and O–H groups in total. The predicted octanol–water partition coefficient (Wildman–Crippen LogP) is 2.86. The van der Waals surface area contributed by atoms with Gasteiger partial charge in [0.25, 0.3) is 0 Å². The molecule has 0 spiro atoms. The second kappa shape index (κ2) is 7.19. The molecular weight excluding hydrogens is 242 g/mol. The zero-order chi connectivity index (χ0) is 13.6. The Morgan fingerprint density at radius 3 is 2.67 bits per heavy atom. The lowest BCUT2D eigenvalue weighted by Gasteiger charge is -2.23. The van der Waals surface area contributed by atoms with Crippen molar-refractivity contribution in [3.05, 3.63) is 18.0 Å². The van der Waals surface area contributed by atoms with Gasteiger partial charge >= 0.3 is 0 Å². The van der Waals surface area contributed by atoms with E-state index >= 15 is 0 Å². The summed E-state index contributed by atoms with van der Waals surface area (Å²) in [6, 6.07) is 0.597. The molecule has 1 unspecified atom stereocenters. The normalized spacial score (nSPS) is 13.8. The van der Waals surface area contributed by atoms with Gasteiger partial charge in [0.1, 0.15) is 0 Å². The highest BCUT2D eigenvalue weighted by Crippen LogP contribution is 2.24. The highest BCUT2D eigenvalue weighted by molar-refractivity contribution is 8.00. The van der Waals surface area contributed by atoms with E-state index in [1.807, 2.05) is 29.7 Å². The van der Waals surface area contributed by atoms with E-state index in [1.54, 1.807) is 0 Å². The van der Waals surface area contributed by atoms with Crippen molar-refractivity contribution in [3.8, 4) is 0 Å². The first-order valence-electron chi connectivity index (χ1n) is 6.75. The quantitative estimate of drug-likeness (QED) is 0.825. The molecule has 0 saturated carbocycles. The molecule has 1 aromatic heterocycles. The molecule has 18 heavy (non-hydrogen) atoms. The molecule has 0 radical (unpaired) electrons. The van der Waals surface area contributed by atoms with Gasteiger partial charge in [-0.3, -0.25) is 4.68 Å². The number of hydrogen-bond acceptors (Lipinski definition) is 3. The fourth-order valence-corrected chi connectivity index (χ4v) is 2.81. The van der Waals surface area contributed by atoms with Crippen LogP contribution >= 0.6 is 11.8 Å². The molecule has 0 saturated heterocycles. The van der Waals surface area contributed by atoms with Gasteiger partial charge in [-0.2, -0.15) is 16.9 Å². The number of nitrogens with one attached hydrogen (secondary N) is 1. The van der Waals surface area contributed by atoms with Gasteiger partial charge in [0.05, 0.1) is 6.20 Å². The summed E-state index contributed by atoms with van der Waals surface area (Å²) in [5.41, 5.74) is 1.33. The lowest BCUT2D eigenvalue weighted by molar-refractivity contribution is 0.536. The van der Waals surface area contributed by atoms with Crippen LogP contribution in [0.2, 0.25) is 0 Å². The number of thioether (sulfide) groups is 1. The van der Waals surface area contributed by atoms with Crippen molar-refractivity contribution < 1.29 is 0 Å². The average molecular weight is 269 g/mol. The Labute approximate surface area is 116 Å². The molecular formula is C14H27N3S. The molecule has 0 amide bonds. The number of nitrogens with zero attached hydrogens (tertiary/aromatic N) is 2. The molecule has 0 fully saturated rings. The van der Waals surface area contributed by atoms with Gasteiger partial charge in [0.15, 0.2) is 0 Å². The van der Waals surface area contributed by atoms with Gasteiger partial charge < -0.3 is 5.32 Å². The van der Waals surface area contributed by atoms with Crippen molar-refractivity contribution in [2.24, 2.45) is 7.05 Å². The molecule has 104 valence electrons. The fourth-order valence-electron chi connectivity index (χ4n) is 1.83. The van der Waals surface area contributed by atoms with Gasteiger partial charge in [0, 0.05) is 29.8 Å². The van der Waals surface area contributed by atoms with Crippen LogP contribution < -0.4 is 5.32 Å². The molecule has 3 nitrogen and oxygen atoms in total. The van der Waals surface area contributed by atoms with E-state index in [9.17, 15) is 0 Å². The molecule has 4 heteroatoms. The molecule has 0 aliphatic carbocycles. The van der Waals surface area contributed by atoms with E-state index in [1.165, 1.54) is 17.7 Å². The minimum absolute atomic E-state index is 0.349. The summed E-state index contributed by atoms with van der Waals surface area (Å²) in [7, 11) is 1.97. The molecule has 1 atom stereocenters. The zero-order valence-corrected chi connectivity index (χ0v) is 13.2. The van der Waals surface area contributed by atoms with Crippen LogP contribution in [-0.4, -0.2) is 32.9 Å². The van der Waals surface area contributed by atoms with Crippen molar-refractivity contribution in [1.82, 2.24) is 15.1 Å². The van der Waals surface area contributed by atoms with E-state index in [2.05, 4.69) is 44.3 Å². The summed E-state index contributed by atoms with van der Waals surface area (Å²) in [6.45, 7) is 10.1. The highest BCUT2D eigenvalue weighted by Gasteiger charge is 2.15. The van der Waals surface area contributed by atoms with Crippen molar-refractivity contribution >= 4 is 11.8 Å². The first-order valence-corrected chi connectivity index (χ1v) is 7.74. The Kier molecular flexibility index (Phi) is 6.22. The fraction of sp³-hybridized carbons (Fsp3) is 0.786. The summed E-state index contributed by atoms with van der Waals surface area (Å²) < 4.78 is 2.23. The van der Waals surface area contributed by atoms with Crippen molar-refractivity contribution in [1.29, 1.82) is 0 Å². The monoisotopic (exact) mass is 269 g/mol. The third-order valence-corrected chi connectivity index (χ3v) is 4.19. The van der Waals surface area contributed by atoms with E-state index in [0.717, 1.165) is 13.0 Å². The number of aromatic nitrogens is 2. The van der Waals surface area contributed by atoms with Gasteiger partial charge in [-0.25, -0.2) is 0 Å². The van der Waals surface area contributed by atoms with Gasteiger partial charge in [-0.15, -0.1) is 0 Å². The Hall–Kier alpha value is -0.480. The van der Waals surface area contributed by atoms with Crippen LogP contribution in [0.3, 0.4) is 0 Å². The molecule has 0 bridgehead atoms. The minimum Gasteiger partial charge on any atom is -0.313 e. The third kappa shape index (κ3) is 6.45. The van der Waals surface area contributed by atoms with Crippen molar-refractivity contribution in [2.45, 2.75) is 51.3 Å². The molecule has 0 aromatic carbocycles. The van der Waals surface area contributed by atoms with Gasteiger partial charge in [-0.05, 0) is 24.9 Å². The maximum Gasteiger partial charge on any atom is 0.0521 e. The third-order valence-electron chi connectivity index (χ3n) is 2.75. The molecule has 1 rings (SSSR count). The summed E-state index contributed by atoms with van der Waals surface area (Å²) in [5.74, 6) is 1.18. The molecule has 0 aliphatic heterocycles. The number of aryl methyl sites for hydroxylation is 2. The zero-order valence-electron chi connectivity index (χ0n) is 12.4. The van der Waals surface area contributed by atoms with Crippen LogP contribution in [0.15, 0.2) is 12.4 Å². The van der Waals surface area contributed by atoms with Crippen LogP contribution in [0.25, 0.3) is 0 Å². The topological polar surface area (TPSA) is 29.9 Å². The summed E-state index contributed by atoms with van der Waals surface area (Å²) in [5, 5.41) is 7.80. The first kappa shape index (κ1) is 15.6. The lowest BCUT2D eigenvalue weighted by atomic mass is 10.1. The highest BCUT2D eigenvalue weighted by atomic mass is 32.2. The molecule has 1 heterocycles. The first-order chi connectivity index (χ1) is 8.40. The van der Waals surface area contributed by atoms with Crippen LogP contribution in [0.1, 0.15) is 39.7 Å². The van der Waals surface area contributed by atoms with Crippen molar-refractivity contribution in [3.63, 3.8) is 0 Å². The Bertz CT molecular complexity index is 341. The van der Waals surface area contributed by atoms with Crippen molar-refractivity contribution in [2.75, 3.05) is 12.3 Å². The maximum atomic E-state index is 4.22. The number of hydrogen-bond donors (Lipinski definition) is 1. The smallest absolute Gasteiger partial charge is 0.0521 e. The molecule has 0 aliphatic rings. The standard InChI is InChI=1S/C14H27N3S/c1-6-15-13(11-18-14(2,3)4)8-7-12-9-16-17(5)10-12/h9-10,13,15H,6-8,11H2,1-5H3. The van der Waals surface area contributed by atoms with Crippen LogP contribution in [-0.2, 0) is 13.5 Å². The summed E-state index contributed by atoms with van der Waals surface area (Å²) >= 11 is 2.04. The summed E-state index contributed by atoms with van der Waals surface area (Å²) in [4.78, 5) is 0. The Morgan fingerprint density at radius 1 is 1.44 bits per heavy atom. The predicted molar refractivity (Wildman–Crippen MR) is 81.2 cm³/mol. The second-order valence-electron chi connectivity index (χ2n) is 5.74. The van der Waals surface area contributed by atoms with Gasteiger partial charge in [-0.1, -0.05) is 27.7 Å². The van der Waals surface area contributed by atoms with E-state index < -0.39 is 0 Å². The van der Waals surface area contributed by atoms with E-state index in [0.29, 0.717) is 10.8 Å². The van der Waals surface area contributed by atoms with Crippen LogP contribution in [0, 0.1) is 0 Å². The van der Waals surface area contributed by atoms with Crippen LogP contribution in [0.5, 0.6) is 0 Å². The van der Waals surface area contributed by atoms with Gasteiger partial charge in [0.2, 0.25) is 0 Å². The van der Waals surface area contributed by atoms with E-state index in [-0.39, 0.29) is 0 Å².